The van der Waals surface area contributed by atoms with Gasteiger partial charge in [0.2, 0.25) is 0 Å². The number of nitrogens with zero attached hydrogens (tertiary/aromatic N) is 2. The Morgan fingerprint density at radius 3 is 1.30 bits per heavy atom. The first-order valence-corrected chi connectivity index (χ1v) is 20.7. The van der Waals surface area contributed by atoms with Gasteiger partial charge in [0.25, 0.3) is 0 Å². The van der Waals surface area contributed by atoms with E-state index < -0.39 is 7.14 Å². The van der Waals surface area contributed by atoms with Crippen molar-refractivity contribution >= 4 is 57.2 Å². The van der Waals surface area contributed by atoms with Crippen molar-refractivity contribution in [1.29, 1.82) is 0 Å². The molecule has 0 aromatic heterocycles. The number of fused-ring (bicyclic) bond motifs is 7. The summed E-state index contributed by atoms with van der Waals surface area (Å²) in [6.07, 6.45) is 0. The molecule has 0 spiro atoms. The molecule has 10 rings (SSSR count). The summed E-state index contributed by atoms with van der Waals surface area (Å²) in [4.78, 5) is 4.82. The molecule has 3 aliphatic rings. The fourth-order valence-corrected chi connectivity index (χ4v) is 12.6. The van der Waals surface area contributed by atoms with E-state index in [1.54, 1.807) is 0 Å². The first kappa shape index (κ1) is 33.0. The number of benzene rings is 7. The average Bonchev–Trinajstić information content (AvgIpc) is 3.43. The number of anilines is 6. The smallest absolute Gasteiger partial charge is 0.172 e. The maximum atomic E-state index is 15.8. The summed E-state index contributed by atoms with van der Waals surface area (Å²) in [6, 6.07) is 54.5. The van der Waals surface area contributed by atoms with E-state index in [2.05, 4.69) is 173 Å². The molecule has 0 N–H and O–H groups in total. The molecular formula is C50H43N2OP. The van der Waals surface area contributed by atoms with E-state index in [9.17, 15) is 0 Å². The predicted octanol–water partition coefficient (Wildman–Crippen LogP) is 12.1. The quantitative estimate of drug-likeness (QED) is 0.170. The molecule has 0 radical (unpaired) electrons. The largest absolute Gasteiger partial charge is 0.310 e. The van der Waals surface area contributed by atoms with Crippen molar-refractivity contribution in [3.05, 3.63) is 185 Å². The van der Waals surface area contributed by atoms with Gasteiger partial charge in [-0.25, -0.2) is 0 Å². The number of hydrogen-bond donors (Lipinski definition) is 0. The highest BCUT2D eigenvalue weighted by Gasteiger charge is 2.43. The van der Waals surface area contributed by atoms with Crippen molar-refractivity contribution in [3.63, 3.8) is 0 Å². The lowest BCUT2D eigenvalue weighted by atomic mass is 9.73. The van der Waals surface area contributed by atoms with Crippen molar-refractivity contribution in [2.24, 2.45) is 0 Å². The number of hydrogen-bond acceptors (Lipinski definition) is 3. The SMILES string of the molecule is Cc1ccc2c(c1)C(C)(C)c1ccccc1N2c1ccc2c(c1)-c1cc(N3c4ccccc4C(C)(C)c4cc(C)ccc43)ccc1P2(=O)c1ccccc1. The molecular weight excluding hydrogens is 676 g/mol. The fraction of sp³-hybridized carbons (Fsp3) is 0.160. The second kappa shape index (κ2) is 11.4. The van der Waals surface area contributed by atoms with E-state index in [-0.39, 0.29) is 10.8 Å². The van der Waals surface area contributed by atoms with Crippen LogP contribution in [0.5, 0.6) is 0 Å². The minimum atomic E-state index is -3.18. The Labute approximate surface area is 318 Å². The Morgan fingerprint density at radius 2 is 0.833 bits per heavy atom. The number of aryl methyl sites for hydroxylation is 2. The Balaban J connectivity index is 1.22. The standard InChI is InChI=1S/C50H43N2OP/c1-32-20-24-45-41(28-32)49(3,4)39-16-10-12-18-43(39)51(45)34-22-26-47-37(30-34)38-31-35(23-27-48(38)54(47,53)36-14-8-7-9-15-36)52-44-19-13-11-17-40(44)50(5,6)42-29-33(2)21-25-46(42)52/h7-31H,1-6H3. The number of rotatable bonds is 3. The lowest BCUT2D eigenvalue weighted by Crippen LogP contribution is -2.30. The Kier molecular flexibility index (Phi) is 6.98. The summed E-state index contributed by atoms with van der Waals surface area (Å²) in [5.74, 6) is 0. The van der Waals surface area contributed by atoms with Gasteiger partial charge in [-0.05, 0) is 108 Å². The summed E-state index contributed by atoms with van der Waals surface area (Å²) in [5.41, 5.74) is 16.3. The van der Waals surface area contributed by atoms with Crippen LogP contribution in [0.2, 0.25) is 0 Å². The molecule has 0 fully saturated rings. The monoisotopic (exact) mass is 718 g/mol. The first-order chi connectivity index (χ1) is 26.0. The normalized spacial score (nSPS) is 16.4. The zero-order valence-corrected chi connectivity index (χ0v) is 32.6. The lowest BCUT2D eigenvalue weighted by molar-refractivity contribution is 0.593. The van der Waals surface area contributed by atoms with E-state index in [0.29, 0.717) is 0 Å². The van der Waals surface area contributed by atoms with Gasteiger partial charge < -0.3 is 14.4 Å². The van der Waals surface area contributed by atoms with Gasteiger partial charge in [0, 0.05) is 38.1 Å². The van der Waals surface area contributed by atoms with Gasteiger partial charge in [-0.3, -0.25) is 0 Å². The molecule has 54 heavy (non-hydrogen) atoms. The number of para-hydroxylation sites is 2. The van der Waals surface area contributed by atoms with Gasteiger partial charge in [0.1, 0.15) is 0 Å². The van der Waals surface area contributed by atoms with E-state index in [0.717, 1.165) is 38.4 Å². The van der Waals surface area contributed by atoms with Crippen LogP contribution in [0.3, 0.4) is 0 Å². The zero-order chi connectivity index (χ0) is 37.1. The molecule has 0 amide bonds. The summed E-state index contributed by atoms with van der Waals surface area (Å²) in [7, 11) is -3.18. The van der Waals surface area contributed by atoms with Crippen molar-refractivity contribution in [3.8, 4) is 11.1 Å². The molecule has 4 heteroatoms. The molecule has 7 aromatic carbocycles. The summed E-state index contributed by atoms with van der Waals surface area (Å²) in [5, 5.41) is 2.66. The van der Waals surface area contributed by atoms with Crippen LogP contribution in [0.1, 0.15) is 61.1 Å². The highest BCUT2D eigenvalue weighted by atomic mass is 31.2. The molecule has 0 atom stereocenters. The molecule has 3 aliphatic heterocycles. The maximum absolute atomic E-state index is 15.8. The van der Waals surface area contributed by atoms with Crippen molar-refractivity contribution in [1.82, 2.24) is 0 Å². The topological polar surface area (TPSA) is 23.6 Å². The summed E-state index contributed by atoms with van der Waals surface area (Å²) in [6.45, 7) is 13.7. The van der Waals surface area contributed by atoms with Crippen molar-refractivity contribution < 1.29 is 4.57 Å². The van der Waals surface area contributed by atoms with E-state index >= 15 is 4.57 Å². The minimum absolute atomic E-state index is 0.163. The Bertz CT molecular complexity index is 2580. The molecule has 3 heterocycles. The third-order valence-corrected chi connectivity index (χ3v) is 15.5. The third kappa shape index (κ3) is 4.46. The second-order valence-electron chi connectivity index (χ2n) is 16.3. The molecule has 0 saturated heterocycles. The second-order valence-corrected chi connectivity index (χ2v) is 19.0. The van der Waals surface area contributed by atoms with Crippen molar-refractivity contribution in [2.45, 2.75) is 52.4 Å². The Hall–Kier alpha value is -5.63. The zero-order valence-electron chi connectivity index (χ0n) is 31.7. The molecule has 264 valence electrons. The van der Waals surface area contributed by atoms with Crippen LogP contribution >= 0.6 is 7.14 Å². The molecule has 0 bridgehead atoms. The predicted molar refractivity (Wildman–Crippen MR) is 228 cm³/mol. The van der Waals surface area contributed by atoms with Crippen LogP contribution < -0.4 is 25.7 Å². The molecule has 0 saturated carbocycles. The van der Waals surface area contributed by atoms with Crippen LogP contribution in [-0.4, -0.2) is 0 Å². The highest BCUT2D eigenvalue weighted by Crippen LogP contribution is 2.58. The molecule has 3 nitrogen and oxygen atoms in total. The van der Waals surface area contributed by atoms with Gasteiger partial charge in [-0.1, -0.05) is 130 Å². The van der Waals surface area contributed by atoms with Crippen LogP contribution in [-0.2, 0) is 15.4 Å². The van der Waals surface area contributed by atoms with Crippen LogP contribution in [0, 0.1) is 13.8 Å². The van der Waals surface area contributed by atoms with Gasteiger partial charge in [0.05, 0.1) is 22.7 Å². The maximum Gasteiger partial charge on any atom is 0.172 e. The van der Waals surface area contributed by atoms with Gasteiger partial charge in [-0.15, -0.1) is 0 Å². The average molecular weight is 719 g/mol. The van der Waals surface area contributed by atoms with Gasteiger partial charge in [0.15, 0.2) is 7.14 Å². The van der Waals surface area contributed by atoms with E-state index in [4.69, 9.17) is 0 Å². The van der Waals surface area contributed by atoms with Gasteiger partial charge >= 0.3 is 0 Å². The minimum Gasteiger partial charge on any atom is -0.310 e. The Morgan fingerprint density at radius 1 is 0.426 bits per heavy atom. The van der Waals surface area contributed by atoms with Crippen molar-refractivity contribution in [2.75, 3.05) is 9.80 Å². The van der Waals surface area contributed by atoms with Crippen LogP contribution in [0.4, 0.5) is 34.1 Å². The summed E-state index contributed by atoms with van der Waals surface area (Å²) >= 11 is 0. The van der Waals surface area contributed by atoms with E-state index in [1.807, 2.05) is 30.3 Å². The lowest BCUT2D eigenvalue weighted by Gasteiger charge is -2.42. The molecule has 0 unspecified atom stereocenters. The summed E-state index contributed by atoms with van der Waals surface area (Å²) < 4.78 is 15.8. The van der Waals surface area contributed by atoms with Crippen LogP contribution in [0.25, 0.3) is 11.1 Å². The third-order valence-electron chi connectivity index (χ3n) is 12.3. The fourth-order valence-electron chi connectivity index (χ4n) is 9.54. The van der Waals surface area contributed by atoms with Gasteiger partial charge in [-0.2, -0.15) is 0 Å². The van der Waals surface area contributed by atoms with Crippen LogP contribution in [0.15, 0.2) is 152 Å². The first-order valence-electron chi connectivity index (χ1n) is 19.0. The molecule has 0 aliphatic carbocycles. The molecule has 7 aromatic rings. The van der Waals surface area contributed by atoms with E-state index in [1.165, 1.54) is 56.1 Å². The highest BCUT2D eigenvalue weighted by molar-refractivity contribution is 7.86.